The SMILES string of the molecule is O=Cc1cccc(C(=O)CCCl)c1Br. The Morgan fingerprint density at radius 3 is 2.79 bits per heavy atom. The van der Waals surface area contributed by atoms with Crippen LogP contribution in [0.15, 0.2) is 22.7 Å². The molecular formula is C10H8BrClO2. The second-order valence-corrected chi connectivity index (χ2v) is 3.86. The topological polar surface area (TPSA) is 34.1 Å². The molecule has 1 aromatic carbocycles. The predicted octanol–water partition coefficient (Wildman–Crippen LogP) is 3.07. The van der Waals surface area contributed by atoms with Gasteiger partial charge in [-0.2, -0.15) is 0 Å². The van der Waals surface area contributed by atoms with E-state index in [0.29, 0.717) is 21.9 Å². The monoisotopic (exact) mass is 274 g/mol. The summed E-state index contributed by atoms with van der Waals surface area (Å²) in [6.45, 7) is 0. The quantitative estimate of drug-likeness (QED) is 0.481. The third-order valence-corrected chi connectivity index (χ3v) is 2.85. The zero-order valence-corrected chi connectivity index (χ0v) is 9.64. The molecule has 74 valence electrons. The van der Waals surface area contributed by atoms with E-state index in [0.717, 1.165) is 0 Å². The number of hydrogen-bond acceptors (Lipinski definition) is 2. The zero-order valence-electron chi connectivity index (χ0n) is 7.30. The van der Waals surface area contributed by atoms with Crippen molar-refractivity contribution in [2.75, 3.05) is 5.88 Å². The van der Waals surface area contributed by atoms with Gasteiger partial charge in [-0.05, 0) is 15.9 Å². The number of ketones is 1. The Morgan fingerprint density at radius 1 is 1.50 bits per heavy atom. The van der Waals surface area contributed by atoms with Crippen molar-refractivity contribution in [2.45, 2.75) is 6.42 Å². The number of Topliss-reactive ketones (excluding diaryl/α,β-unsaturated/α-hetero) is 1. The van der Waals surface area contributed by atoms with Crippen molar-refractivity contribution in [3.05, 3.63) is 33.8 Å². The molecule has 2 nitrogen and oxygen atoms in total. The highest BCUT2D eigenvalue weighted by Crippen LogP contribution is 2.21. The minimum Gasteiger partial charge on any atom is -0.298 e. The Balaban J connectivity index is 3.09. The molecule has 1 rings (SSSR count). The molecule has 0 radical (unpaired) electrons. The smallest absolute Gasteiger partial charge is 0.165 e. The van der Waals surface area contributed by atoms with Gasteiger partial charge in [0.15, 0.2) is 12.1 Å². The van der Waals surface area contributed by atoms with Crippen molar-refractivity contribution in [3.63, 3.8) is 0 Å². The largest absolute Gasteiger partial charge is 0.298 e. The van der Waals surface area contributed by atoms with Crippen LogP contribution in [-0.2, 0) is 0 Å². The lowest BCUT2D eigenvalue weighted by molar-refractivity contribution is 0.0988. The maximum Gasteiger partial charge on any atom is 0.165 e. The highest BCUT2D eigenvalue weighted by atomic mass is 79.9. The molecule has 1 aromatic rings. The number of carbonyl (C=O) groups is 2. The van der Waals surface area contributed by atoms with E-state index in [1.807, 2.05) is 0 Å². The van der Waals surface area contributed by atoms with Gasteiger partial charge < -0.3 is 0 Å². The summed E-state index contributed by atoms with van der Waals surface area (Å²) in [4.78, 5) is 22.1. The van der Waals surface area contributed by atoms with E-state index >= 15 is 0 Å². The third kappa shape index (κ3) is 2.42. The molecule has 0 atom stereocenters. The fraction of sp³-hybridized carbons (Fsp3) is 0.200. The van der Waals surface area contributed by atoms with E-state index < -0.39 is 0 Å². The van der Waals surface area contributed by atoms with Crippen LogP contribution in [-0.4, -0.2) is 17.9 Å². The number of carbonyl (C=O) groups excluding carboxylic acids is 2. The Hall–Kier alpha value is -0.670. The summed E-state index contributed by atoms with van der Waals surface area (Å²) in [5.41, 5.74) is 0.987. The molecule has 0 aromatic heterocycles. The summed E-state index contributed by atoms with van der Waals surface area (Å²) in [6, 6.07) is 5.00. The summed E-state index contributed by atoms with van der Waals surface area (Å²) in [5, 5.41) is 0. The predicted molar refractivity (Wildman–Crippen MR) is 59.2 cm³/mol. The molecule has 0 heterocycles. The van der Waals surface area contributed by atoms with Crippen LogP contribution in [0.5, 0.6) is 0 Å². The summed E-state index contributed by atoms with van der Waals surface area (Å²) in [7, 11) is 0. The van der Waals surface area contributed by atoms with Crippen LogP contribution in [0.2, 0.25) is 0 Å². The average molecular weight is 276 g/mol. The highest BCUT2D eigenvalue weighted by Gasteiger charge is 2.11. The molecule has 4 heteroatoms. The number of aldehydes is 1. The van der Waals surface area contributed by atoms with E-state index in [2.05, 4.69) is 15.9 Å². The molecule has 0 fully saturated rings. The molecule has 0 amide bonds. The lowest BCUT2D eigenvalue weighted by Crippen LogP contribution is -2.02. The Bertz CT molecular complexity index is 363. The second-order valence-electron chi connectivity index (χ2n) is 2.69. The van der Waals surface area contributed by atoms with E-state index in [1.54, 1.807) is 18.2 Å². The standard InChI is InChI=1S/C10H8BrClO2/c11-10-7(6-13)2-1-3-8(10)9(14)4-5-12/h1-3,6H,4-5H2. The molecule has 0 bridgehead atoms. The number of benzene rings is 1. The fourth-order valence-corrected chi connectivity index (χ4v) is 1.83. The first-order valence-corrected chi connectivity index (χ1v) is 5.36. The molecule has 0 saturated carbocycles. The van der Waals surface area contributed by atoms with Gasteiger partial charge in [-0.25, -0.2) is 0 Å². The van der Waals surface area contributed by atoms with Crippen LogP contribution < -0.4 is 0 Å². The van der Waals surface area contributed by atoms with Gasteiger partial charge in [0.1, 0.15) is 0 Å². The van der Waals surface area contributed by atoms with Crippen LogP contribution in [0.25, 0.3) is 0 Å². The molecule has 0 aliphatic carbocycles. The van der Waals surface area contributed by atoms with Crippen LogP contribution in [0.1, 0.15) is 27.1 Å². The molecule has 0 N–H and O–H groups in total. The van der Waals surface area contributed by atoms with E-state index in [1.165, 1.54) is 0 Å². The van der Waals surface area contributed by atoms with Gasteiger partial charge in [-0.3, -0.25) is 9.59 Å². The fourth-order valence-electron chi connectivity index (χ4n) is 1.08. The molecule has 0 aliphatic rings. The van der Waals surface area contributed by atoms with E-state index in [9.17, 15) is 9.59 Å². The van der Waals surface area contributed by atoms with Gasteiger partial charge in [-0.1, -0.05) is 18.2 Å². The third-order valence-electron chi connectivity index (χ3n) is 1.78. The van der Waals surface area contributed by atoms with Gasteiger partial charge in [0, 0.05) is 27.9 Å². The molecular weight excluding hydrogens is 267 g/mol. The Kier molecular flexibility index (Phi) is 4.29. The molecule has 14 heavy (non-hydrogen) atoms. The summed E-state index contributed by atoms with van der Waals surface area (Å²) in [5.74, 6) is 0.229. The Labute approximate surface area is 95.4 Å². The van der Waals surface area contributed by atoms with Crippen molar-refractivity contribution in [3.8, 4) is 0 Å². The molecule has 0 aliphatic heterocycles. The van der Waals surface area contributed by atoms with Crippen molar-refractivity contribution in [1.82, 2.24) is 0 Å². The van der Waals surface area contributed by atoms with Crippen LogP contribution in [0.4, 0.5) is 0 Å². The number of rotatable bonds is 4. The zero-order chi connectivity index (χ0) is 10.6. The van der Waals surface area contributed by atoms with Crippen molar-refractivity contribution < 1.29 is 9.59 Å². The second kappa shape index (κ2) is 5.27. The van der Waals surface area contributed by atoms with Crippen molar-refractivity contribution in [2.24, 2.45) is 0 Å². The van der Waals surface area contributed by atoms with Gasteiger partial charge in [-0.15, -0.1) is 11.6 Å². The van der Waals surface area contributed by atoms with E-state index in [-0.39, 0.29) is 18.1 Å². The van der Waals surface area contributed by atoms with Gasteiger partial charge in [0.25, 0.3) is 0 Å². The van der Waals surface area contributed by atoms with E-state index in [4.69, 9.17) is 11.6 Å². The minimum atomic E-state index is -0.0597. The number of halogens is 2. The summed E-state index contributed by atoms with van der Waals surface area (Å²) < 4.78 is 0.546. The normalized spacial score (nSPS) is 9.86. The van der Waals surface area contributed by atoms with Gasteiger partial charge in [0.2, 0.25) is 0 Å². The summed E-state index contributed by atoms with van der Waals surface area (Å²) in [6.07, 6.45) is 0.990. The number of hydrogen-bond donors (Lipinski definition) is 0. The molecule has 0 saturated heterocycles. The summed E-state index contributed by atoms with van der Waals surface area (Å²) >= 11 is 8.68. The van der Waals surface area contributed by atoms with Crippen LogP contribution in [0, 0.1) is 0 Å². The van der Waals surface area contributed by atoms with Gasteiger partial charge >= 0.3 is 0 Å². The van der Waals surface area contributed by atoms with Crippen molar-refractivity contribution in [1.29, 1.82) is 0 Å². The Morgan fingerprint density at radius 2 is 2.21 bits per heavy atom. The molecule has 0 unspecified atom stereocenters. The number of alkyl halides is 1. The van der Waals surface area contributed by atoms with Crippen LogP contribution in [0.3, 0.4) is 0 Å². The maximum absolute atomic E-state index is 11.5. The first-order chi connectivity index (χ1) is 6.70. The minimum absolute atomic E-state index is 0.0597. The maximum atomic E-state index is 11.5. The highest BCUT2D eigenvalue weighted by molar-refractivity contribution is 9.10. The first kappa shape index (κ1) is 11.4. The van der Waals surface area contributed by atoms with Crippen LogP contribution >= 0.6 is 27.5 Å². The van der Waals surface area contributed by atoms with Gasteiger partial charge in [0.05, 0.1) is 0 Å². The lowest BCUT2D eigenvalue weighted by Gasteiger charge is -2.03. The van der Waals surface area contributed by atoms with Crippen molar-refractivity contribution >= 4 is 39.6 Å². The molecule has 0 spiro atoms. The first-order valence-electron chi connectivity index (χ1n) is 4.03. The average Bonchev–Trinajstić information content (AvgIpc) is 2.18. The lowest BCUT2D eigenvalue weighted by atomic mass is 10.1.